The first-order chi connectivity index (χ1) is 33.7. The molecular weight excluding hydrogens is 865 g/mol. The minimum atomic E-state index is 0.0112. The Hall–Kier alpha value is -6.24. The normalized spacial score (nSPS) is 21.6. The third kappa shape index (κ3) is 11.3. The van der Waals surface area contributed by atoms with Gasteiger partial charge in [-0.1, -0.05) is 31.2 Å². The van der Waals surface area contributed by atoms with Crippen molar-refractivity contribution >= 4 is 45.0 Å². The highest BCUT2D eigenvalue weighted by molar-refractivity contribution is 5.95. The van der Waals surface area contributed by atoms with Gasteiger partial charge in [0.1, 0.15) is 25.4 Å². The molecule has 12 rings (SSSR count). The van der Waals surface area contributed by atoms with Gasteiger partial charge >= 0.3 is 0 Å². The number of benzene rings is 4. The van der Waals surface area contributed by atoms with Crippen molar-refractivity contribution in [1.82, 2.24) is 20.2 Å². The third-order valence-corrected chi connectivity index (χ3v) is 14.4. The van der Waals surface area contributed by atoms with Crippen LogP contribution in [-0.2, 0) is 35.3 Å². The molecule has 6 aromatic rings. The van der Waals surface area contributed by atoms with Crippen LogP contribution in [0.4, 0.5) is 11.4 Å². The molecular formula is C57H66N6O6. The molecule has 0 spiro atoms. The number of nitrogens with zero attached hydrogens (tertiary/aromatic N) is 3. The first-order valence-corrected chi connectivity index (χ1v) is 25.4. The Labute approximate surface area is 405 Å². The lowest BCUT2D eigenvalue weighted by Gasteiger charge is -2.36. The Morgan fingerprint density at radius 2 is 1.20 bits per heavy atom. The summed E-state index contributed by atoms with van der Waals surface area (Å²) >= 11 is 0. The lowest BCUT2D eigenvalue weighted by molar-refractivity contribution is -0.117. The predicted molar refractivity (Wildman–Crippen MR) is 272 cm³/mol. The van der Waals surface area contributed by atoms with Crippen LogP contribution in [0, 0.1) is 25.7 Å². The number of hydrogen-bond donors (Lipinski definition) is 3. The summed E-state index contributed by atoms with van der Waals surface area (Å²) in [6.45, 7) is 12.6. The Kier molecular flexibility index (Phi) is 14.3. The summed E-state index contributed by atoms with van der Waals surface area (Å²) < 4.78 is 24.2. The second-order valence-corrected chi connectivity index (χ2v) is 19.8. The number of aromatic nitrogens is 2. The summed E-state index contributed by atoms with van der Waals surface area (Å²) in [5.74, 6) is 4.94. The topological polar surface area (TPSA) is 136 Å². The number of likely N-dealkylation sites (tertiary alicyclic amines) is 1. The predicted octanol–water partition coefficient (Wildman–Crippen LogP) is 9.73. The van der Waals surface area contributed by atoms with Crippen molar-refractivity contribution < 1.29 is 28.5 Å². The molecule has 2 amide bonds. The summed E-state index contributed by atoms with van der Waals surface area (Å²) in [6, 6.07) is 29.3. The fourth-order valence-electron chi connectivity index (χ4n) is 10.7. The molecule has 6 aliphatic heterocycles. The number of anilines is 2. The Morgan fingerprint density at radius 3 is 1.78 bits per heavy atom. The molecule has 0 bridgehead atoms. The van der Waals surface area contributed by atoms with Gasteiger partial charge in [0.2, 0.25) is 11.8 Å². The molecule has 2 saturated heterocycles. The highest BCUT2D eigenvalue weighted by atomic mass is 16.6. The molecule has 0 aliphatic carbocycles. The molecule has 0 saturated carbocycles. The van der Waals surface area contributed by atoms with E-state index in [-0.39, 0.29) is 24.0 Å². The molecule has 6 aliphatic rings. The standard InChI is InChI=1S/C28H31N3O3.C15H20N2O.C14H15NO2/c1-18-4-8-23-24(29-18)9-10-26-28(23)34-22(17-33-26)16-31-12-2-3-20(15-31)13-19-5-6-21-7-11-27(32)30-25(21)14-19;18-15-6-5-13-4-3-11(9-14(13)17-15)8-12-2-1-7-16-10-12;1-3-10-8-16-13-7-6-12-11(14(13)17-10)5-4-9(2)15-12/h4-6,8-10,14,20,22H,2-3,7,11-13,15-17H2,1H3,(H,30,32);3-4,9,12,16H,1-2,5-8,10H2,(H,17,18);4-7,10H,3,8H2,1-2H3/t20?,22-;;10-/m0.0/s1. The van der Waals surface area contributed by atoms with E-state index in [2.05, 4.69) is 86.3 Å². The molecule has 12 nitrogen and oxygen atoms in total. The maximum atomic E-state index is 11.8. The molecule has 2 fully saturated rings. The van der Waals surface area contributed by atoms with Crippen molar-refractivity contribution in [2.24, 2.45) is 11.8 Å². The van der Waals surface area contributed by atoms with E-state index in [9.17, 15) is 9.59 Å². The number of pyridine rings is 2. The van der Waals surface area contributed by atoms with Crippen molar-refractivity contribution in [2.75, 3.05) is 56.6 Å². The van der Waals surface area contributed by atoms with E-state index >= 15 is 0 Å². The van der Waals surface area contributed by atoms with E-state index in [1.807, 2.05) is 50.2 Å². The van der Waals surface area contributed by atoms with Crippen molar-refractivity contribution in [1.29, 1.82) is 0 Å². The van der Waals surface area contributed by atoms with Gasteiger partial charge in [0.15, 0.2) is 23.0 Å². The van der Waals surface area contributed by atoms with Crippen molar-refractivity contribution in [2.45, 2.75) is 104 Å². The SMILES string of the molecule is CC[C@H]1COc2ccc3nc(C)ccc3c2O1.Cc1ccc2c3c(ccc2n1)OC[C@H](CN1CCCC(Cc2ccc4c(c2)NC(=O)CC4)C1)O3.O=C1CCc2ccc(CC3CCCNC3)cc2N1. The number of ether oxygens (including phenoxy) is 4. The lowest BCUT2D eigenvalue weighted by atomic mass is 9.90. The van der Waals surface area contributed by atoms with Crippen LogP contribution >= 0.6 is 0 Å². The summed E-state index contributed by atoms with van der Waals surface area (Å²) in [4.78, 5) is 34.9. The highest BCUT2D eigenvalue weighted by Crippen LogP contribution is 2.40. The van der Waals surface area contributed by atoms with Crippen LogP contribution < -0.4 is 34.9 Å². The number of piperidine rings is 2. The number of carbonyl (C=O) groups excluding carboxylic acids is 2. The fraction of sp³-hybridized carbons (Fsp3) is 0.439. The number of amides is 2. The summed E-state index contributed by atoms with van der Waals surface area (Å²) in [6.07, 6.45) is 11.2. The van der Waals surface area contributed by atoms with Crippen LogP contribution in [0.3, 0.4) is 0 Å². The van der Waals surface area contributed by atoms with E-state index in [1.54, 1.807) is 0 Å². The number of carbonyl (C=O) groups is 2. The summed E-state index contributed by atoms with van der Waals surface area (Å²) in [5.41, 5.74) is 11.2. The van der Waals surface area contributed by atoms with Crippen molar-refractivity contribution in [3.63, 3.8) is 0 Å². The van der Waals surface area contributed by atoms with E-state index in [4.69, 9.17) is 18.9 Å². The lowest BCUT2D eigenvalue weighted by Crippen LogP contribution is -2.45. The van der Waals surface area contributed by atoms with Crippen LogP contribution in [-0.4, -0.2) is 84.8 Å². The monoisotopic (exact) mass is 931 g/mol. The minimum absolute atomic E-state index is 0.0112. The van der Waals surface area contributed by atoms with Gasteiger partial charge < -0.3 is 34.9 Å². The van der Waals surface area contributed by atoms with Gasteiger partial charge in [0.25, 0.3) is 0 Å². The van der Waals surface area contributed by atoms with Gasteiger partial charge in [0, 0.05) is 59.5 Å². The smallest absolute Gasteiger partial charge is 0.224 e. The quantitative estimate of drug-likeness (QED) is 0.142. The second-order valence-electron chi connectivity index (χ2n) is 19.8. The van der Waals surface area contributed by atoms with Gasteiger partial charge in [-0.3, -0.25) is 24.5 Å². The third-order valence-electron chi connectivity index (χ3n) is 14.4. The first-order valence-electron chi connectivity index (χ1n) is 25.4. The number of rotatable bonds is 7. The van der Waals surface area contributed by atoms with E-state index in [0.29, 0.717) is 32.0 Å². The van der Waals surface area contributed by atoms with Gasteiger partial charge in [-0.15, -0.1) is 0 Å². The van der Waals surface area contributed by atoms with E-state index in [1.165, 1.54) is 47.9 Å². The Bertz CT molecular complexity index is 2830. The summed E-state index contributed by atoms with van der Waals surface area (Å²) in [5, 5.41) is 11.5. The zero-order valence-corrected chi connectivity index (χ0v) is 40.4. The molecule has 2 unspecified atom stereocenters. The average Bonchev–Trinajstić information content (AvgIpc) is 3.36. The van der Waals surface area contributed by atoms with Crippen molar-refractivity contribution in [3.05, 3.63) is 119 Å². The van der Waals surface area contributed by atoms with Crippen LogP contribution in [0.5, 0.6) is 23.0 Å². The molecule has 2 aromatic heterocycles. The molecule has 4 aromatic carbocycles. The van der Waals surface area contributed by atoms with Crippen molar-refractivity contribution in [3.8, 4) is 23.0 Å². The molecule has 3 N–H and O–H groups in total. The van der Waals surface area contributed by atoms with Crippen LogP contribution in [0.25, 0.3) is 21.8 Å². The Balaban J connectivity index is 0.000000133. The maximum absolute atomic E-state index is 11.8. The molecule has 12 heteroatoms. The zero-order valence-electron chi connectivity index (χ0n) is 40.4. The molecule has 69 heavy (non-hydrogen) atoms. The minimum Gasteiger partial charge on any atom is -0.486 e. The van der Waals surface area contributed by atoms with Gasteiger partial charge in [-0.25, -0.2) is 0 Å². The fourth-order valence-corrected chi connectivity index (χ4v) is 10.7. The number of aryl methyl sites for hydroxylation is 4. The zero-order chi connectivity index (χ0) is 47.3. The van der Waals surface area contributed by atoms with Gasteiger partial charge in [-0.05, 0) is 186 Å². The summed E-state index contributed by atoms with van der Waals surface area (Å²) in [7, 11) is 0. The molecule has 4 atom stereocenters. The number of fused-ring (bicyclic) bond motifs is 8. The molecule has 8 heterocycles. The number of nitrogens with one attached hydrogen (secondary N) is 3. The largest absolute Gasteiger partial charge is 0.486 e. The van der Waals surface area contributed by atoms with Crippen LogP contribution in [0.1, 0.15) is 85.5 Å². The van der Waals surface area contributed by atoms with Gasteiger partial charge in [-0.2, -0.15) is 0 Å². The van der Waals surface area contributed by atoms with E-state index in [0.717, 1.165) is 138 Å². The van der Waals surface area contributed by atoms with Crippen LogP contribution in [0.2, 0.25) is 0 Å². The highest BCUT2D eigenvalue weighted by Gasteiger charge is 2.29. The van der Waals surface area contributed by atoms with Crippen LogP contribution in [0.15, 0.2) is 84.9 Å². The van der Waals surface area contributed by atoms with Gasteiger partial charge in [0.05, 0.1) is 11.0 Å². The number of hydrogen-bond acceptors (Lipinski definition) is 10. The van der Waals surface area contributed by atoms with E-state index < -0.39 is 0 Å². The maximum Gasteiger partial charge on any atom is 0.224 e. The molecule has 0 radical (unpaired) electrons. The average molecular weight is 931 g/mol. The molecule has 360 valence electrons. The first kappa shape index (κ1) is 46.5. The Morgan fingerprint density at radius 1 is 0.638 bits per heavy atom. The second kappa shape index (κ2) is 21.2.